The van der Waals surface area contributed by atoms with Gasteiger partial charge < -0.3 is 15.6 Å². The number of nitrogens with zero attached hydrogens (tertiary/aromatic N) is 2. The predicted octanol–water partition coefficient (Wildman–Crippen LogP) is 3.73. The van der Waals surface area contributed by atoms with Gasteiger partial charge in [-0.25, -0.2) is 4.98 Å². The number of H-pyrrole nitrogens is 1. The van der Waals surface area contributed by atoms with E-state index in [0.29, 0.717) is 6.54 Å². The Balaban J connectivity index is 1.89. The monoisotopic (exact) mass is 461 g/mol. The molecule has 134 valence electrons. The van der Waals surface area contributed by atoms with Crippen molar-refractivity contribution in [2.75, 3.05) is 11.9 Å². The molecule has 1 amide bonds. The fourth-order valence-electron chi connectivity index (χ4n) is 3.21. The van der Waals surface area contributed by atoms with Gasteiger partial charge in [0.1, 0.15) is 11.3 Å². The van der Waals surface area contributed by atoms with Crippen molar-refractivity contribution in [3.8, 4) is 11.3 Å². The Morgan fingerprint density at radius 3 is 2.77 bits per heavy atom. The average Bonchev–Trinajstić information content (AvgIpc) is 2.91. The fourth-order valence-corrected chi connectivity index (χ4v) is 4.20. The van der Waals surface area contributed by atoms with Crippen LogP contribution in [0.1, 0.15) is 36.8 Å². The SMILES string of the molecule is CC(C)(C)Nc1ccc2nccc(-c3[nH]c4c(c3I)C(=O)NCC4)c2n1. The molecule has 0 spiro atoms. The first-order valence-corrected chi connectivity index (χ1v) is 9.64. The Labute approximate surface area is 165 Å². The van der Waals surface area contributed by atoms with Gasteiger partial charge in [0.25, 0.3) is 5.91 Å². The number of anilines is 1. The first-order valence-electron chi connectivity index (χ1n) is 8.56. The van der Waals surface area contributed by atoms with E-state index >= 15 is 0 Å². The van der Waals surface area contributed by atoms with Crippen molar-refractivity contribution in [2.45, 2.75) is 32.7 Å². The van der Waals surface area contributed by atoms with Gasteiger partial charge in [-0.1, -0.05) is 0 Å². The lowest BCUT2D eigenvalue weighted by Crippen LogP contribution is -2.31. The summed E-state index contributed by atoms with van der Waals surface area (Å²) < 4.78 is 0.929. The Morgan fingerprint density at radius 2 is 2.04 bits per heavy atom. The summed E-state index contributed by atoms with van der Waals surface area (Å²) in [4.78, 5) is 25.0. The first-order chi connectivity index (χ1) is 12.3. The number of pyridine rings is 2. The number of carbonyl (C=O) groups excluding carboxylic acids is 1. The molecule has 0 unspecified atom stereocenters. The van der Waals surface area contributed by atoms with Crippen molar-refractivity contribution in [3.63, 3.8) is 0 Å². The maximum absolute atomic E-state index is 12.3. The molecule has 3 aromatic heterocycles. The van der Waals surface area contributed by atoms with Crippen LogP contribution < -0.4 is 10.6 Å². The van der Waals surface area contributed by atoms with Gasteiger partial charge in [-0.3, -0.25) is 9.78 Å². The van der Waals surface area contributed by atoms with Crippen molar-refractivity contribution in [3.05, 3.63) is 39.2 Å². The minimum atomic E-state index is -0.0823. The fraction of sp³-hybridized carbons (Fsp3) is 0.316. The summed E-state index contributed by atoms with van der Waals surface area (Å²) in [6.07, 6.45) is 2.59. The highest BCUT2D eigenvalue weighted by molar-refractivity contribution is 14.1. The molecule has 0 atom stereocenters. The number of halogens is 1. The Morgan fingerprint density at radius 1 is 1.23 bits per heavy atom. The number of amides is 1. The van der Waals surface area contributed by atoms with E-state index in [1.54, 1.807) is 6.20 Å². The van der Waals surface area contributed by atoms with Crippen LogP contribution >= 0.6 is 22.6 Å². The van der Waals surface area contributed by atoms with Crippen molar-refractivity contribution in [2.24, 2.45) is 0 Å². The van der Waals surface area contributed by atoms with Gasteiger partial charge in [0, 0.05) is 36.0 Å². The topological polar surface area (TPSA) is 82.7 Å². The third-order valence-electron chi connectivity index (χ3n) is 4.26. The molecule has 4 heterocycles. The number of hydrogen-bond donors (Lipinski definition) is 3. The Hall–Kier alpha value is -2.16. The van der Waals surface area contributed by atoms with E-state index in [9.17, 15) is 4.79 Å². The van der Waals surface area contributed by atoms with Crippen LogP contribution in [0.5, 0.6) is 0 Å². The molecule has 3 aromatic rings. The van der Waals surface area contributed by atoms with Crippen LogP contribution in [0, 0.1) is 3.57 Å². The Kier molecular flexibility index (Phi) is 4.13. The first kappa shape index (κ1) is 17.3. The second-order valence-corrected chi connectivity index (χ2v) is 8.55. The van der Waals surface area contributed by atoms with Crippen molar-refractivity contribution >= 4 is 45.3 Å². The highest BCUT2D eigenvalue weighted by Gasteiger charge is 2.26. The maximum Gasteiger partial charge on any atom is 0.254 e. The zero-order valence-electron chi connectivity index (χ0n) is 14.9. The average molecular weight is 461 g/mol. The van der Waals surface area contributed by atoms with Crippen molar-refractivity contribution < 1.29 is 4.79 Å². The molecule has 4 rings (SSSR count). The lowest BCUT2D eigenvalue weighted by molar-refractivity contribution is 0.0945. The van der Waals surface area contributed by atoms with Gasteiger partial charge in [0.2, 0.25) is 0 Å². The lowest BCUT2D eigenvalue weighted by Gasteiger charge is -2.21. The molecule has 1 aliphatic heterocycles. The smallest absolute Gasteiger partial charge is 0.254 e. The number of aromatic amines is 1. The summed E-state index contributed by atoms with van der Waals surface area (Å²) in [6.45, 7) is 6.97. The van der Waals surface area contributed by atoms with E-state index in [1.165, 1.54) is 0 Å². The quantitative estimate of drug-likeness (QED) is 0.508. The van der Waals surface area contributed by atoms with Gasteiger partial charge >= 0.3 is 0 Å². The maximum atomic E-state index is 12.3. The van der Waals surface area contributed by atoms with E-state index in [2.05, 4.69) is 64.0 Å². The van der Waals surface area contributed by atoms with Crippen LogP contribution in [0.4, 0.5) is 5.82 Å². The number of carbonyl (C=O) groups is 1. The summed E-state index contributed by atoms with van der Waals surface area (Å²) in [6, 6.07) is 5.87. The van der Waals surface area contributed by atoms with Gasteiger partial charge in [0.15, 0.2) is 0 Å². The third kappa shape index (κ3) is 3.04. The van der Waals surface area contributed by atoms with Crippen LogP contribution in [0.25, 0.3) is 22.3 Å². The zero-order chi connectivity index (χ0) is 18.5. The minimum Gasteiger partial charge on any atom is -0.365 e. The summed E-state index contributed by atoms with van der Waals surface area (Å²) >= 11 is 2.25. The van der Waals surface area contributed by atoms with E-state index in [0.717, 1.165) is 49.4 Å². The predicted molar refractivity (Wildman–Crippen MR) is 111 cm³/mol. The molecule has 7 heteroatoms. The molecule has 0 aromatic carbocycles. The second-order valence-electron chi connectivity index (χ2n) is 7.47. The highest BCUT2D eigenvalue weighted by atomic mass is 127. The van der Waals surface area contributed by atoms with Crippen LogP contribution in [0.3, 0.4) is 0 Å². The number of rotatable bonds is 2. The van der Waals surface area contributed by atoms with Gasteiger partial charge in [-0.2, -0.15) is 0 Å². The van der Waals surface area contributed by atoms with Crippen LogP contribution in [-0.4, -0.2) is 32.9 Å². The van der Waals surface area contributed by atoms with Gasteiger partial charge in [-0.05, 0) is 61.6 Å². The van der Waals surface area contributed by atoms with E-state index in [4.69, 9.17) is 4.98 Å². The molecule has 1 aliphatic rings. The van der Waals surface area contributed by atoms with Gasteiger partial charge in [-0.15, -0.1) is 0 Å². The molecule has 0 fully saturated rings. The zero-order valence-corrected chi connectivity index (χ0v) is 17.1. The Bertz CT molecular complexity index is 1020. The van der Waals surface area contributed by atoms with E-state index < -0.39 is 0 Å². The second kappa shape index (κ2) is 6.22. The number of nitrogens with one attached hydrogen (secondary N) is 3. The highest BCUT2D eigenvalue weighted by Crippen LogP contribution is 2.34. The molecule has 6 nitrogen and oxygen atoms in total. The lowest BCUT2D eigenvalue weighted by atomic mass is 10.1. The normalized spacial score (nSPS) is 14.2. The molecule has 0 bridgehead atoms. The third-order valence-corrected chi connectivity index (χ3v) is 5.34. The largest absolute Gasteiger partial charge is 0.365 e. The summed E-state index contributed by atoms with van der Waals surface area (Å²) in [5, 5.41) is 6.32. The minimum absolute atomic E-state index is 0.0143. The molecular weight excluding hydrogens is 441 g/mol. The molecule has 0 radical (unpaired) electrons. The van der Waals surface area contributed by atoms with Crippen LogP contribution in [0.15, 0.2) is 24.4 Å². The molecule has 3 N–H and O–H groups in total. The standard InChI is InChI=1S/C19H20IN5O/c1-19(2,3)25-13-5-4-12-16(24-13)10(6-8-21-12)17-15(20)14-11(23-17)7-9-22-18(14)26/h4-6,8,23H,7,9H2,1-3H3,(H,22,26)(H,24,25). The number of hydrogen-bond acceptors (Lipinski definition) is 4. The summed E-state index contributed by atoms with van der Waals surface area (Å²) in [5.41, 5.74) is 5.19. The summed E-state index contributed by atoms with van der Waals surface area (Å²) in [5.74, 6) is 0.794. The van der Waals surface area contributed by atoms with E-state index in [1.807, 2.05) is 18.2 Å². The van der Waals surface area contributed by atoms with Crippen molar-refractivity contribution in [1.82, 2.24) is 20.3 Å². The molecule has 26 heavy (non-hydrogen) atoms. The van der Waals surface area contributed by atoms with Crippen molar-refractivity contribution in [1.29, 1.82) is 0 Å². The van der Waals surface area contributed by atoms with Gasteiger partial charge in [0.05, 0.1) is 20.3 Å². The van der Waals surface area contributed by atoms with Crippen LogP contribution in [0.2, 0.25) is 0 Å². The molecular formula is C19H20IN5O. The number of fused-ring (bicyclic) bond motifs is 2. The van der Waals surface area contributed by atoms with E-state index in [-0.39, 0.29) is 11.4 Å². The molecule has 0 saturated carbocycles. The summed E-state index contributed by atoms with van der Waals surface area (Å²) in [7, 11) is 0. The molecule has 0 saturated heterocycles. The molecule has 0 aliphatic carbocycles. The number of aromatic nitrogens is 3. The van der Waals surface area contributed by atoms with Crippen LogP contribution in [-0.2, 0) is 6.42 Å².